The number of nitrogens with zero attached hydrogens (tertiary/aromatic N) is 1. The Balaban J connectivity index is 2.12. The van der Waals surface area contributed by atoms with Crippen LogP contribution in [0, 0.1) is 18.3 Å². The van der Waals surface area contributed by atoms with Gasteiger partial charge in [0.25, 0.3) is 0 Å². The lowest BCUT2D eigenvalue weighted by Gasteiger charge is -2.40. The minimum atomic E-state index is 0.396. The molecule has 19 heavy (non-hydrogen) atoms. The smallest absolute Gasteiger partial charge is 0.152 e. The van der Waals surface area contributed by atoms with Gasteiger partial charge in [-0.1, -0.05) is 32.4 Å². The summed E-state index contributed by atoms with van der Waals surface area (Å²) in [5, 5.41) is 0. The first-order valence-electron chi connectivity index (χ1n) is 7.22. The first-order valence-corrected chi connectivity index (χ1v) is 7.22. The van der Waals surface area contributed by atoms with Crippen LogP contribution in [0.3, 0.4) is 0 Å². The molecule has 0 aliphatic carbocycles. The number of carbonyl (C=O) groups excluding carboxylic acids is 1. The number of hydrogen-bond acceptors (Lipinski definition) is 2. The maximum atomic E-state index is 11.2. The fourth-order valence-electron chi connectivity index (χ4n) is 3.04. The standard InChI is InChI=1S/C17H25NO/c1-13-5-6-16(14(11-13)12-19)18-9-7-15(8-10-18)17(2,3)4/h5-6,11-12,15H,7-10H2,1-4H3. The normalized spacial score (nSPS) is 17.6. The molecule has 1 aromatic carbocycles. The van der Waals surface area contributed by atoms with Crippen LogP contribution in [0.2, 0.25) is 0 Å². The molecule has 1 fully saturated rings. The highest BCUT2D eigenvalue weighted by molar-refractivity contribution is 5.85. The van der Waals surface area contributed by atoms with Crippen molar-refractivity contribution >= 4 is 12.0 Å². The first-order chi connectivity index (χ1) is 8.91. The van der Waals surface area contributed by atoms with E-state index in [9.17, 15) is 4.79 Å². The Morgan fingerprint density at radius 2 is 1.84 bits per heavy atom. The fourth-order valence-corrected chi connectivity index (χ4v) is 3.04. The van der Waals surface area contributed by atoms with Crippen molar-refractivity contribution in [3.05, 3.63) is 29.3 Å². The van der Waals surface area contributed by atoms with Crippen molar-refractivity contribution in [3.8, 4) is 0 Å². The molecule has 0 bridgehead atoms. The lowest BCUT2D eigenvalue weighted by Crippen LogP contribution is -2.38. The second-order valence-electron chi connectivity index (χ2n) is 6.81. The van der Waals surface area contributed by atoms with E-state index in [0.29, 0.717) is 5.41 Å². The Morgan fingerprint density at radius 1 is 1.21 bits per heavy atom. The Hall–Kier alpha value is -1.31. The van der Waals surface area contributed by atoms with Crippen LogP contribution < -0.4 is 4.90 Å². The zero-order chi connectivity index (χ0) is 14.0. The highest BCUT2D eigenvalue weighted by Gasteiger charge is 2.29. The van der Waals surface area contributed by atoms with Crippen LogP contribution in [0.1, 0.15) is 49.5 Å². The third-order valence-electron chi connectivity index (χ3n) is 4.37. The zero-order valence-corrected chi connectivity index (χ0v) is 12.6. The molecule has 1 aliphatic heterocycles. The van der Waals surface area contributed by atoms with Gasteiger partial charge in [0, 0.05) is 24.3 Å². The van der Waals surface area contributed by atoms with E-state index < -0.39 is 0 Å². The van der Waals surface area contributed by atoms with Gasteiger partial charge in [-0.2, -0.15) is 0 Å². The maximum Gasteiger partial charge on any atom is 0.152 e. The van der Waals surface area contributed by atoms with Gasteiger partial charge in [-0.05, 0) is 43.2 Å². The third kappa shape index (κ3) is 3.17. The minimum absolute atomic E-state index is 0.396. The summed E-state index contributed by atoms with van der Waals surface area (Å²) in [6.07, 6.45) is 3.42. The van der Waals surface area contributed by atoms with Gasteiger partial charge >= 0.3 is 0 Å². The molecule has 0 aromatic heterocycles. The van der Waals surface area contributed by atoms with E-state index >= 15 is 0 Å². The van der Waals surface area contributed by atoms with Crippen molar-refractivity contribution in [2.24, 2.45) is 11.3 Å². The summed E-state index contributed by atoms with van der Waals surface area (Å²) in [5.74, 6) is 0.786. The van der Waals surface area contributed by atoms with E-state index in [1.165, 1.54) is 12.8 Å². The van der Waals surface area contributed by atoms with E-state index in [1.807, 2.05) is 13.0 Å². The van der Waals surface area contributed by atoms with Gasteiger partial charge in [-0.3, -0.25) is 4.79 Å². The topological polar surface area (TPSA) is 20.3 Å². The van der Waals surface area contributed by atoms with E-state index in [1.54, 1.807) is 0 Å². The van der Waals surface area contributed by atoms with Gasteiger partial charge in [0.1, 0.15) is 0 Å². The number of hydrogen-bond donors (Lipinski definition) is 0. The van der Waals surface area contributed by atoms with Crippen LogP contribution in [-0.4, -0.2) is 19.4 Å². The average Bonchev–Trinajstić information content (AvgIpc) is 2.37. The van der Waals surface area contributed by atoms with Crippen LogP contribution in [0.5, 0.6) is 0 Å². The number of piperidine rings is 1. The van der Waals surface area contributed by atoms with E-state index in [4.69, 9.17) is 0 Å². The summed E-state index contributed by atoms with van der Waals surface area (Å²) >= 11 is 0. The molecule has 1 aromatic rings. The Kier molecular flexibility index (Phi) is 3.98. The molecule has 1 saturated heterocycles. The first kappa shape index (κ1) is 14.1. The minimum Gasteiger partial charge on any atom is -0.371 e. The highest BCUT2D eigenvalue weighted by Crippen LogP contribution is 2.36. The molecule has 0 unspecified atom stereocenters. The zero-order valence-electron chi connectivity index (χ0n) is 12.6. The number of benzene rings is 1. The molecule has 1 aliphatic rings. The van der Waals surface area contributed by atoms with Crippen LogP contribution in [0.25, 0.3) is 0 Å². The summed E-state index contributed by atoms with van der Waals surface area (Å²) in [7, 11) is 0. The molecular formula is C17H25NO. The van der Waals surface area contributed by atoms with Crippen LogP contribution >= 0.6 is 0 Å². The van der Waals surface area contributed by atoms with Gasteiger partial charge in [0.2, 0.25) is 0 Å². The van der Waals surface area contributed by atoms with Crippen molar-refractivity contribution in [2.45, 2.75) is 40.5 Å². The SMILES string of the molecule is Cc1ccc(N2CCC(C(C)(C)C)CC2)c(C=O)c1. The molecule has 2 nitrogen and oxygen atoms in total. The van der Waals surface area contributed by atoms with E-state index in [-0.39, 0.29) is 0 Å². The molecular weight excluding hydrogens is 234 g/mol. The Labute approximate surface area is 116 Å². The monoisotopic (exact) mass is 259 g/mol. The fraction of sp³-hybridized carbons (Fsp3) is 0.588. The summed E-state index contributed by atoms with van der Waals surface area (Å²) in [4.78, 5) is 13.6. The molecule has 104 valence electrons. The summed E-state index contributed by atoms with van der Waals surface area (Å²) in [6.45, 7) is 11.1. The summed E-state index contributed by atoms with van der Waals surface area (Å²) < 4.78 is 0. The molecule has 0 spiro atoms. The van der Waals surface area contributed by atoms with Crippen LogP contribution in [0.15, 0.2) is 18.2 Å². The van der Waals surface area contributed by atoms with Gasteiger partial charge in [-0.15, -0.1) is 0 Å². The van der Waals surface area contributed by atoms with E-state index in [2.05, 4.69) is 37.8 Å². The van der Waals surface area contributed by atoms with Gasteiger partial charge in [0.15, 0.2) is 6.29 Å². The molecule has 0 radical (unpaired) electrons. The van der Waals surface area contributed by atoms with Gasteiger partial charge < -0.3 is 4.90 Å². The number of aldehydes is 1. The Morgan fingerprint density at radius 3 is 2.37 bits per heavy atom. The van der Waals surface area contributed by atoms with Crippen molar-refractivity contribution < 1.29 is 4.79 Å². The van der Waals surface area contributed by atoms with Crippen LogP contribution in [-0.2, 0) is 0 Å². The molecule has 2 heteroatoms. The highest BCUT2D eigenvalue weighted by atomic mass is 16.1. The molecule has 0 N–H and O–H groups in total. The van der Waals surface area contributed by atoms with Gasteiger partial charge in [-0.25, -0.2) is 0 Å². The summed E-state index contributed by atoms with van der Waals surface area (Å²) in [6, 6.07) is 6.17. The molecule has 1 heterocycles. The Bertz CT molecular complexity index is 451. The second-order valence-corrected chi connectivity index (χ2v) is 6.81. The third-order valence-corrected chi connectivity index (χ3v) is 4.37. The number of carbonyl (C=O) groups is 1. The van der Waals surface area contributed by atoms with Gasteiger partial charge in [0.05, 0.1) is 0 Å². The molecule has 0 saturated carbocycles. The number of rotatable bonds is 2. The van der Waals surface area contributed by atoms with E-state index in [0.717, 1.165) is 42.1 Å². The molecule has 2 rings (SSSR count). The lowest BCUT2D eigenvalue weighted by atomic mass is 9.75. The number of aryl methyl sites for hydroxylation is 1. The maximum absolute atomic E-state index is 11.2. The number of anilines is 1. The lowest BCUT2D eigenvalue weighted by molar-refractivity contribution is 0.112. The largest absolute Gasteiger partial charge is 0.371 e. The molecule has 0 atom stereocenters. The predicted molar refractivity (Wildman–Crippen MR) is 81.0 cm³/mol. The summed E-state index contributed by atoms with van der Waals surface area (Å²) in [5.41, 5.74) is 3.48. The quantitative estimate of drug-likeness (QED) is 0.746. The average molecular weight is 259 g/mol. The van der Waals surface area contributed by atoms with Crippen LogP contribution in [0.4, 0.5) is 5.69 Å². The van der Waals surface area contributed by atoms with Crippen molar-refractivity contribution in [1.29, 1.82) is 0 Å². The molecule has 0 amide bonds. The van der Waals surface area contributed by atoms with Crippen molar-refractivity contribution in [2.75, 3.05) is 18.0 Å². The van der Waals surface area contributed by atoms with Crippen molar-refractivity contribution in [3.63, 3.8) is 0 Å². The predicted octanol–water partition coefficient (Wildman–Crippen LogP) is 4.07. The second kappa shape index (κ2) is 5.36. The van der Waals surface area contributed by atoms with Crippen molar-refractivity contribution in [1.82, 2.24) is 0 Å².